The van der Waals surface area contributed by atoms with Crippen LogP contribution in [0, 0.1) is 5.92 Å². The van der Waals surface area contributed by atoms with Crippen molar-refractivity contribution in [3.63, 3.8) is 0 Å². The molecular formula is C13H26N2O2S. The summed E-state index contributed by atoms with van der Waals surface area (Å²) in [5.74, 6) is 1.57. The maximum atomic E-state index is 11.6. The Balaban J connectivity index is 1.82. The Morgan fingerprint density at radius 1 is 1.28 bits per heavy atom. The molecule has 0 aromatic heterocycles. The summed E-state index contributed by atoms with van der Waals surface area (Å²) in [6, 6.07) is 0.560. The molecule has 106 valence electrons. The molecule has 0 aliphatic carbocycles. The van der Waals surface area contributed by atoms with Gasteiger partial charge in [-0.15, -0.1) is 0 Å². The van der Waals surface area contributed by atoms with Crippen LogP contribution >= 0.6 is 0 Å². The van der Waals surface area contributed by atoms with Crippen LogP contribution in [0.1, 0.15) is 32.6 Å². The van der Waals surface area contributed by atoms with Crippen LogP contribution in [0.25, 0.3) is 0 Å². The van der Waals surface area contributed by atoms with Crippen molar-refractivity contribution in [2.45, 2.75) is 38.6 Å². The third kappa shape index (κ3) is 4.21. The van der Waals surface area contributed by atoms with E-state index in [9.17, 15) is 8.42 Å². The van der Waals surface area contributed by atoms with Gasteiger partial charge >= 0.3 is 0 Å². The molecule has 0 aromatic carbocycles. The molecule has 0 spiro atoms. The summed E-state index contributed by atoms with van der Waals surface area (Å²) in [7, 11) is -2.77. The van der Waals surface area contributed by atoms with Gasteiger partial charge in [0.05, 0.1) is 11.5 Å². The van der Waals surface area contributed by atoms with Crippen LogP contribution in [-0.2, 0) is 9.84 Å². The number of sulfone groups is 1. The first-order valence-electron chi connectivity index (χ1n) is 7.25. The smallest absolute Gasteiger partial charge is 0.151 e. The molecule has 0 aromatic rings. The largest absolute Gasteiger partial charge is 0.313 e. The third-order valence-corrected chi connectivity index (χ3v) is 6.02. The Morgan fingerprint density at radius 3 is 2.89 bits per heavy atom. The van der Waals surface area contributed by atoms with Gasteiger partial charge in [-0.05, 0) is 38.3 Å². The quantitative estimate of drug-likeness (QED) is 0.830. The average Bonchev–Trinajstić information content (AvgIpc) is 2.51. The van der Waals surface area contributed by atoms with Crippen molar-refractivity contribution in [3.05, 3.63) is 0 Å². The molecule has 2 unspecified atom stereocenters. The standard InChI is InChI=1S/C13H26N2O2S/c1-2-12-4-5-14-13(10-12)11-15-6-3-8-18(16,17)9-7-15/h12-14H,2-11H2,1H3. The van der Waals surface area contributed by atoms with E-state index in [0.717, 1.165) is 38.5 Å². The number of rotatable bonds is 3. The topological polar surface area (TPSA) is 49.4 Å². The van der Waals surface area contributed by atoms with Crippen LogP contribution in [-0.4, -0.2) is 57.0 Å². The Bertz CT molecular complexity index is 356. The van der Waals surface area contributed by atoms with Crippen LogP contribution in [0.3, 0.4) is 0 Å². The molecule has 2 fully saturated rings. The van der Waals surface area contributed by atoms with Gasteiger partial charge in [0.25, 0.3) is 0 Å². The van der Waals surface area contributed by atoms with Gasteiger partial charge in [0.1, 0.15) is 0 Å². The number of hydrogen-bond acceptors (Lipinski definition) is 4. The second-order valence-corrected chi connectivity index (χ2v) is 8.06. The van der Waals surface area contributed by atoms with Crippen LogP contribution in [0.15, 0.2) is 0 Å². The molecule has 2 saturated heterocycles. The molecule has 1 N–H and O–H groups in total. The van der Waals surface area contributed by atoms with E-state index in [1.54, 1.807) is 0 Å². The maximum absolute atomic E-state index is 11.6. The molecule has 4 nitrogen and oxygen atoms in total. The lowest BCUT2D eigenvalue weighted by Gasteiger charge is -2.33. The number of nitrogens with zero attached hydrogens (tertiary/aromatic N) is 1. The van der Waals surface area contributed by atoms with Gasteiger partial charge in [0, 0.05) is 19.1 Å². The molecule has 0 amide bonds. The van der Waals surface area contributed by atoms with Crippen molar-refractivity contribution >= 4 is 9.84 Å². The first-order valence-corrected chi connectivity index (χ1v) is 9.07. The van der Waals surface area contributed by atoms with E-state index in [-0.39, 0.29) is 0 Å². The predicted octanol–water partition coefficient (Wildman–Crippen LogP) is 0.885. The zero-order valence-corrected chi connectivity index (χ0v) is 12.2. The molecule has 0 bridgehead atoms. The summed E-state index contributed by atoms with van der Waals surface area (Å²) < 4.78 is 23.1. The van der Waals surface area contributed by atoms with Crippen molar-refractivity contribution in [2.24, 2.45) is 5.92 Å². The minimum atomic E-state index is -2.77. The van der Waals surface area contributed by atoms with Crippen molar-refractivity contribution in [2.75, 3.05) is 37.7 Å². The fraction of sp³-hybridized carbons (Fsp3) is 1.00. The molecule has 18 heavy (non-hydrogen) atoms. The Hall–Kier alpha value is -0.130. The molecule has 2 atom stereocenters. The van der Waals surface area contributed by atoms with E-state index in [1.807, 2.05) is 0 Å². The lowest BCUT2D eigenvalue weighted by Crippen LogP contribution is -2.46. The highest BCUT2D eigenvalue weighted by atomic mass is 32.2. The van der Waals surface area contributed by atoms with Crippen molar-refractivity contribution < 1.29 is 8.42 Å². The van der Waals surface area contributed by atoms with Gasteiger partial charge in [0.2, 0.25) is 0 Å². The monoisotopic (exact) mass is 274 g/mol. The van der Waals surface area contributed by atoms with E-state index in [0.29, 0.717) is 17.5 Å². The number of nitrogens with one attached hydrogen (secondary N) is 1. The molecule has 2 aliphatic rings. The van der Waals surface area contributed by atoms with Crippen molar-refractivity contribution in [1.29, 1.82) is 0 Å². The first-order chi connectivity index (χ1) is 8.59. The van der Waals surface area contributed by atoms with Gasteiger partial charge < -0.3 is 10.2 Å². The van der Waals surface area contributed by atoms with Gasteiger partial charge in [-0.1, -0.05) is 13.3 Å². The van der Waals surface area contributed by atoms with Crippen LogP contribution < -0.4 is 5.32 Å². The Morgan fingerprint density at radius 2 is 2.11 bits per heavy atom. The zero-order valence-electron chi connectivity index (χ0n) is 11.4. The normalized spacial score (nSPS) is 34.1. The first kappa shape index (κ1) is 14.3. The van der Waals surface area contributed by atoms with Gasteiger partial charge in [-0.2, -0.15) is 0 Å². The van der Waals surface area contributed by atoms with Crippen LogP contribution in [0.4, 0.5) is 0 Å². The van der Waals surface area contributed by atoms with E-state index >= 15 is 0 Å². The highest BCUT2D eigenvalue weighted by Crippen LogP contribution is 2.20. The minimum Gasteiger partial charge on any atom is -0.313 e. The molecule has 2 rings (SSSR count). The Labute approximate surface area is 111 Å². The van der Waals surface area contributed by atoms with Crippen LogP contribution in [0.2, 0.25) is 0 Å². The molecule has 2 heterocycles. The third-order valence-electron chi connectivity index (χ3n) is 4.31. The van der Waals surface area contributed by atoms with Crippen molar-refractivity contribution in [1.82, 2.24) is 10.2 Å². The summed E-state index contributed by atoms with van der Waals surface area (Å²) in [5, 5.41) is 3.58. The molecule has 5 heteroatoms. The van der Waals surface area contributed by atoms with Gasteiger partial charge in [-0.25, -0.2) is 8.42 Å². The number of piperidine rings is 1. The second kappa shape index (κ2) is 6.35. The molecule has 0 radical (unpaired) electrons. The van der Waals surface area contributed by atoms with Crippen molar-refractivity contribution in [3.8, 4) is 0 Å². The minimum absolute atomic E-state index is 0.344. The lowest BCUT2D eigenvalue weighted by molar-refractivity contribution is 0.208. The molecule has 2 aliphatic heterocycles. The zero-order chi connectivity index (χ0) is 13.0. The highest BCUT2D eigenvalue weighted by Gasteiger charge is 2.24. The van der Waals surface area contributed by atoms with Gasteiger partial charge in [0.15, 0.2) is 9.84 Å². The van der Waals surface area contributed by atoms with E-state index in [4.69, 9.17) is 0 Å². The summed E-state index contributed by atoms with van der Waals surface area (Å²) in [6.07, 6.45) is 4.61. The fourth-order valence-corrected chi connectivity index (χ4v) is 4.40. The summed E-state index contributed by atoms with van der Waals surface area (Å²) in [6.45, 7) is 6.07. The van der Waals surface area contributed by atoms with E-state index in [1.165, 1.54) is 19.3 Å². The average molecular weight is 274 g/mol. The summed E-state index contributed by atoms with van der Waals surface area (Å²) in [5.41, 5.74) is 0. The summed E-state index contributed by atoms with van der Waals surface area (Å²) in [4.78, 5) is 2.33. The fourth-order valence-electron chi connectivity index (χ4n) is 3.09. The summed E-state index contributed by atoms with van der Waals surface area (Å²) >= 11 is 0. The second-order valence-electron chi connectivity index (χ2n) is 5.76. The molecular weight excluding hydrogens is 248 g/mol. The molecule has 0 saturated carbocycles. The SMILES string of the molecule is CCC1CCNC(CN2CCCS(=O)(=O)CC2)C1. The lowest BCUT2D eigenvalue weighted by atomic mass is 9.90. The Kier molecular flexibility index (Phi) is 5.04. The van der Waals surface area contributed by atoms with Crippen LogP contribution in [0.5, 0.6) is 0 Å². The van der Waals surface area contributed by atoms with Gasteiger partial charge in [-0.3, -0.25) is 0 Å². The highest BCUT2D eigenvalue weighted by molar-refractivity contribution is 7.91. The van der Waals surface area contributed by atoms with E-state index in [2.05, 4.69) is 17.1 Å². The predicted molar refractivity (Wildman–Crippen MR) is 74.5 cm³/mol. The van der Waals surface area contributed by atoms with E-state index < -0.39 is 9.84 Å². The maximum Gasteiger partial charge on any atom is 0.151 e. The number of hydrogen-bond donors (Lipinski definition) is 1.